The van der Waals surface area contributed by atoms with Crippen LogP contribution in [0.4, 0.5) is 5.69 Å². The number of carbonyl (C=O) groups is 3. The highest BCUT2D eigenvalue weighted by molar-refractivity contribution is 8.10. The number of anilines is 1. The Hall–Kier alpha value is -4.18. The van der Waals surface area contributed by atoms with Gasteiger partial charge in [0.15, 0.2) is 5.69 Å². The summed E-state index contributed by atoms with van der Waals surface area (Å²) >= 11 is 0.986. The van der Waals surface area contributed by atoms with Gasteiger partial charge in [0.1, 0.15) is 21.7 Å². The number of hydrogen-bond acceptors (Lipinski definition) is 9. The molecule has 0 unspecified atom stereocenters. The summed E-state index contributed by atoms with van der Waals surface area (Å²) in [5, 5.41) is 18.8. The van der Waals surface area contributed by atoms with E-state index in [0.29, 0.717) is 11.1 Å². The molecule has 4 rings (SSSR count). The lowest BCUT2D eigenvalue weighted by Gasteiger charge is -2.23. The Morgan fingerprint density at radius 2 is 1.53 bits per heavy atom. The molecule has 1 atom stereocenters. The van der Waals surface area contributed by atoms with Gasteiger partial charge in [-0.05, 0) is 55.3 Å². The normalized spacial score (nSPS) is 15.5. The van der Waals surface area contributed by atoms with Gasteiger partial charge in [-0.1, -0.05) is 36.0 Å². The second-order valence-corrected chi connectivity index (χ2v) is 8.91. The van der Waals surface area contributed by atoms with Gasteiger partial charge in [0.25, 0.3) is 0 Å². The van der Waals surface area contributed by atoms with Gasteiger partial charge in [-0.3, -0.25) is 9.36 Å². The second kappa shape index (κ2) is 10.2. The number of nitrogens with two attached hydrogens (primary N) is 1. The third kappa shape index (κ3) is 4.55. The van der Waals surface area contributed by atoms with E-state index < -0.39 is 23.1 Å². The molecule has 0 bridgehead atoms. The summed E-state index contributed by atoms with van der Waals surface area (Å²) in [7, 11) is 0. The van der Waals surface area contributed by atoms with Crippen molar-refractivity contribution in [2.24, 2.45) is 0 Å². The summed E-state index contributed by atoms with van der Waals surface area (Å²) in [6.45, 7) is 3.44. The molecule has 9 nitrogen and oxygen atoms in total. The van der Waals surface area contributed by atoms with Crippen LogP contribution in [0.25, 0.3) is 11.0 Å². The van der Waals surface area contributed by atoms with Crippen LogP contribution in [0.15, 0.2) is 48.5 Å². The Kier molecular flexibility index (Phi) is 7.07. The van der Waals surface area contributed by atoms with E-state index in [1.54, 1.807) is 44.2 Å². The molecule has 0 aliphatic carbocycles. The fourth-order valence-corrected chi connectivity index (χ4v) is 5.08. The maximum Gasteiger partial charge on any atom is 0.357 e. The van der Waals surface area contributed by atoms with Gasteiger partial charge < -0.3 is 25.4 Å². The van der Waals surface area contributed by atoms with Crippen molar-refractivity contribution in [2.75, 3.05) is 18.9 Å². The lowest BCUT2D eigenvalue weighted by molar-refractivity contribution is -0.135. The third-order valence-electron chi connectivity index (χ3n) is 5.47. The molecule has 1 aromatic heterocycles. The molecule has 0 spiro atoms. The molecule has 0 fully saturated rings. The lowest BCUT2D eigenvalue weighted by Crippen LogP contribution is -2.42. The number of phenolic OH excluding ortho intramolecular Hbond substituents is 2. The zero-order chi connectivity index (χ0) is 26.0. The Morgan fingerprint density at radius 3 is 2.11 bits per heavy atom. The van der Waals surface area contributed by atoms with Crippen molar-refractivity contribution in [3.63, 3.8) is 0 Å². The van der Waals surface area contributed by atoms with Crippen LogP contribution < -0.4 is 16.3 Å². The maximum atomic E-state index is 13.8. The monoisotopic (exact) mass is 508 g/mol. The average molecular weight is 509 g/mol. The first-order valence-corrected chi connectivity index (χ1v) is 12.0. The molecule has 4 N–H and O–H groups in total. The van der Waals surface area contributed by atoms with E-state index in [1.807, 2.05) is 0 Å². The molecule has 0 saturated carbocycles. The number of nitrogens with zero attached hydrogens (tertiary/aromatic N) is 1. The van der Waals surface area contributed by atoms with E-state index in [4.69, 9.17) is 15.2 Å². The minimum absolute atomic E-state index is 0.0190. The summed E-state index contributed by atoms with van der Waals surface area (Å²) in [5.74, 6) is -1.91. The molecule has 3 aromatic rings. The van der Waals surface area contributed by atoms with Crippen LogP contribution in [0.1, 0.15) is 45.5 Å². The first-order chi connectivity index (χ1) is 17.3. The number of thioether (sulfide) groups is 1. The molecule has 1 aliphatic heterocycles. The summed E-state index contributed by atoms with van der Waals surface area (Å²) in [5.41, 5.74) is 7.35. The van der Waals surface area contributed by atoms with Crippen molar-refractivity contribution < 1.29 is 34.1 Å². The van der Waals surface area contributed by atoms with Crippen LogP contribution in [0.5, 0.6) is 11.5 Å². The number of fused-ring (bicyclic) bond motifs is 1. The Bertz CT molecular complexity index is 1460. The average Bonchev–Trinajstić information content (AvgIpc) is 3.14. The van der Waals surface area contributed by atoms with Crippen molar-refractivity contribution in [3.05, 3.63) is 75.9 Å². The van der Waals surface area contributed by atoms with Gasteiger partial charge >= 0.3 is 11.9 Å². The Morgan fingerprint density at radius 1 is 0.972 bits per heavy atom. The molecule has 0 radical (unpaired) electrons. The van der Waals surface area contributed by atoms with E-state index in [0.717, 1.165) is 16.3 Å². The van der Waals surface area contributed by atoms with Gasteiger partial charge in [-0.15, -0.1) is 0 Å². The summed E-state index contributed by atoms with van der Waals surface area (Å²) in [4.78, 5) is 40.0. The van der Waals surface area contributed by atoms with Gasteiger partial charge in [0, 0.05) is 5.22 Å². The van der Waals surface area contributed by atoms with Crippen LogP contribution in [-0.2, 0) is 14.3 Å². The van der Waals surface area contributed by atoms with Gasteiger partial charge in [0.2, 0.25) is 5.91 Å². The molecular weight excluding hydrogens is 484 g/mol. The van der Waals surface area contributed by atoms with E-state index in [1.165, 1.54) is 24.3 Å². The maximum absolute atomic E-state index is 13.8. The number of hydrogen-bond donors (Lipinski definition) is 3. The van der Waals surface area contributed by atoms with Crippen molar-refractivity contribution in [1.82, 2.24) is 4.57 Å². The van der Waals surface area contributed by atoms with Gasteiger partial charge in [-0.2, -0.15) is 0 Å². The minimum atomic E-state index is -0.918. The summed E-state index contributed by atoms with van der Waals surface area (Å²) in [6.07, 6.45) is 1.62. The third-order valence-corrected chi connectivity index (χ3v) is 6.78. The highest BCUT2D eigenvalue weighted by Crippen LogP contribution is 2.40. The number of esters is 2. The molecule has 2 heterocycles. The molecular formula is C26H24N2O7S. The number of nitrogen functional groups attached to an aromatic ring is 1. The molecule has 36 heavy (non-hydrogen) atoms. The van der Waals surface area contributed by atoms with Crippen molar-refractivity contribution in [3.8, 4) is 11.5 Å². The fraction of sp³-hybridized carbons (Fsp3) is 0.192. The van der Waals surface area contributed by atoms with E-state index in [-0.39, 0.29) is 51.6 Å². The fourth-order valence-electron chi connectivity index (χ4n) is 3.88. The quantitative estimate of drug-likeness (QED) is 0.428. The van der Waals surface area contributed by atoms with E-state index >= 15 is 0 Å². The van der Waals surface area contributed by atoms with Crippen LogP contribution >= 0.6 is 11.8 Å². The number of benzene rings is 2. The standard InChI is InChI=1S/C26H24N2O7S/c1-3-34-25(32)21-19(27)18(13-14-5-9-16(29)10-6-14)20-23(26(33)35-4-2)36-22(24(31)28(20)21)15-7-11-17(30)12-8-15/h5-13,22,29-30H,3-4,27H2,1-2H3/b18-13+/t22-/m1/s1. The first kappa shape index (κ1) is 24.9. The van der Waals surface area contributed by atoms with E-state index in [2.05, 4.69) is 0 Å². The second-order valence-electron chi connectivity index (χ2n) is 7.79. The lowest BCUT2D eigenvalue weighted by atomic mass is 10.1. The summed E-state index contributed by atoms with van der Waals surface area (Å²) < 4.78 is 11.6. The number of ether oxygens (including phenoxy) is 2. The smallest absolute Gasteiger partial charge is 0.357 e. The van der Waals surface area contributed by atoms with Crippen LogP contribution in [-0.4, -0.2) is 45.8 Å². The van der Waals surface area contributed by atoms with Crippen LogP contribution in [0.3, 0.4) is 0 Å². The zero-order valence-corrected chi connectivity index (χ0v) is 20.4. The van der Waals surface area contributed by atoms with Gasteiger partial charge in [0.05, 0.1) is 24.3 Å². The predicted octanol–water partition coefficient (Wildman–Crippen LogP) is 2.29. The van der Waals surface area contributed by atoms with Crippen LogP contribution in [0.2, 0.25) is 0 Å². The highest BCUT2D eigenvalue weighted by Gasteiger charge is 2.38. The largest absolute Gasteiger partial charge is 0.508 e. The molecule has 2 aromatic carbocycles. The van der Waals surface area contributed by atoms with Crippen molar-refractivity contribution in [2.45, 2.75) is 19.1 Å². The number of phenols is 2. The number of rotatable bonds is 6. The molecule has 1 aliphatic rings. The SMILES string of the molecule is CCOC(=O)C1=c2/c(=C/c3ccc(O)cc3)c(N)c(C(=O)OCC)n2C(=O)[C@@H](c2ccc(O)cc2)S1. The highest BCUT2D eigenvalue weighted by atomic mass is 32.2. The predicted molar refractivity (Wildman–Crippen MR) is 135 cm³/mol. The zero-order valence-electron chi connectivity index (χ0n) is 19.6. The Labute approximate surface area is 210 Å². The van der Waals surface area contributed by atoms with Crippen molar-refractivity contribution >= 4 is 46.3 Å². The Balaban J connectivity index is 2.08. The molecule has 0 amide bonds. The first-order valence-electron chi connectivity index (χ1n) is 11.2. The number of carbonyl (C=O) groups excluding carboxylic acids is 3. The van der Waals surface area contributed by atoms with Crippen LogP contribution in [0, 0.1) is 0 Å². The van der Waals surface area contributed by atoms with Gasteiger partial charge in [-0.25, -0.2) is 9.59 Å². The van der Waals surface area contributed by atoms with Crippen molar-refractivity contribution in [1.29, 1.82) is 0 Å². The van der Waals surface area contributed by atoms with E-state index in [9.17, 15) is 24.6 Å². The summed E-state index contributed by atoms with van der Waals surface area (Å²) in [6, 6.07) is 12.2. The minimum Gasteiger partial charge on any atom is -0.508 e. The molecule has 186 valence electrons. The topological polar surface area (TPSA) is 141 Å². The number of aromatic nitrogens is 1. The number of aromatic hydroxyl groups is 2. The molecule has 10 heteroatoms. The molecule has 0 saturated heterocycles.